The second kappa shape index (κ2) is 5.11. The van der Waals surface area contributed by atoms with E-state index in [9.17, 15) is 0 Å². The highest BCUT2D eigenvalue weighted by Gasteiger charge is 2.08. The largest absolute Gasteiger partial charge is 0.264 e. The van der Waals surface area contributed by atoms with Crippen molar-refractivity contribution in [2.75, 3.05) is 0 Å². The van der Waals surface area contributed by atoms with Crippen molar-refractivity contribution < 1.29 is 0 Å². The summed E-state index contributed by atoms with van der Waals surface area (Å²) >= 11 is 7.53. The van der Waals surface area contributed by atoms with Gasteiger partial charge < -0.3 is 0 Å². The van der Waals surface area contributed by atoms with Crippen molar-refractivity contribution >= 4 is 22.9 Å². The highest BCUT2D eigenvalue weighted by molar-refractivity contribution is 7.13. The van der Waals surface area contributed by atoms with Crippen molar-refractivity contribution in [3.8, 4) is 21.8 Å². The van der Waals surface area contributed by atoms with Crippen LogP contribution in [0.5, 0.6) is 0 Å². The maximum absolute atomic E-state index is 5.89. The minimum Gasteiger partial charge on any atom is -0.264 e. The molecule has 0 aliphatic heterocycles. The molecule has 0 bridgehead atoms. The van der Waals surface area contributed by atoms with Crippen LogP contribution in [0.3, 0.4) is 0 Å². The maximum Gasteiger partial charge on any atom is 0.125 e. The van der Waals surface area contributed by atoms with E-state index in [1.54, 1.807) is 17.5 Å². The van der Waals surface area contributed by atoms with Crippen LogP contribution in [0.15, 0.2) is 48.1 Å². The molecule has 0 radical (unpaired) electrons. The molecule has 1 aromatic carbocycles. The van der Waals surface area contributed by atoms with Gasteiger partial charge >= 0.3 is 0 Å². The van der Waals surface area contributed by atoms with Crippen LogP contribution in [0.4, 0.5) is 0 Å². The van der Waals surface area contributed by atoms with Gasteiger partial charge in [0.25, 0.3) is 0 Å². The molecule has 0 atom stereocenters. The molecule has 0 spiro atoms. The number of benzene rings is 1. The van der Waals surface area contributed by atoms with E-state index in [-0.39, 0.29) is 0 Å². The second-order valence-corrected chi connectivity index (χ2v) is 5.53. The zero-order valence-electron chi connectivity index (χ0n) is 10.3. The third kappa shape index (κ3) is 2.53. The Morgan fingerprint density at radius 3 is 2.63 bits per heavy atom. The molecular formula is C15H11ClN2S. The molecule has 0 unspecified atom stereocenters. The van der Waals surface area contributed by atoms with E-state index < -0.39 is 0 Å². The Bertz CT molecular complexity index is 704. The van der Waals surface area contributed by atoms with E-state index in [4.69, 9.17) is 11.6 Å². The average molecular weight is 287 g/mol. The first-order chi connectivity index (χ1) is 9.24. The van der Waals surface area contributed by atoms with Gasteiger partial charge in [0.1, 0.15) is 5.01 Å². The second-order valence-electron chi connectivity index (χ2n) is 4.24. The SMILES string of the molecule is Cc1ccncc1-c1nc(-c2ccc(Cl)cc2)cs1. The van der Waals surface area contributed by atoms with E-state index in [0.717, 1.165) is 26.9 Å². The molecule has 0 fully saturated rings. The molecule has 0 N–H and O–H groups in total. The molecular weight excluding hydrogens is 276 g/mol. The highest BCUT2D eigenvalue weighted by atomic mass is 35.5. The van der Waals surface area contributed by atoms with Crippen molar-refractivity contribution in [1.82, 2.24) is 9.97 Å². The molecule has 2 heterocycles. The molecule has 4 heteroatoms. The van der Waals surface area contributed by atoms with Crippen LogP contribution >= 0.6 is 22.9 Å². The van der Waals surface area contributed by atoms with Crippen molar-refractivity contribution in [3.05, 3.63) is 58.7 Å². The third-order valence-electron chi connectivity index (χ3n) is 2.91. The third-order valence-corrected chi connectivity index (χ3v) is 4.04. The number of thiazole rings is 1. The first-order valence-corrected chi connectivity index (χ1v) is 7.12. The van der Waals surface area contributed by atoms with E-state index >= 15 is 0 Å². The molecule has 3 rings (SSSR count). The van der Waals surface area contributed by atoms with E-state index in [2.05, 4.69) is 22.3 Å². The quantitative estimate of drug-likeness (QED) is 0.674. The summed E-state index contributed by atoms with van der Waals surface area (Å²) in [6, 6.07) is 9.73. The zero-order valence-corrected chi connectivity index (χ0v) is 11.9. The van der Waals surface area contributed by atoms with Crippen molar-refractivity contribution in [1.29, 1.82) is 0 Å². The Morgan fingerprint density at radius 2 is 1.89 bits per heavy atom. The predicted octanol–water partition coefficient (Wildman–Crippen LogP) is 4.83. The average Bonchev–Trinajstić information content (AvgIpc) is 2.89. The monoisotopic (exact) mass is 286 g/mol. The van der Waals surface area contributed by atoms with Gasteiger partial charge in [0, 0.05) is 33.9 Å². The lowest BCUT2D eigenvalue weighted by Gasteiger charge is -2.00. The molecule has 19 heavy (non-hydrogen) atoms. The van der Waals surface area contributed by atoms with Gasteiger partial charge in [0.2, 0.25) is 0 Å². The smallest absolute Gasteiger partial charge is 0.125 e. The molecule has 0 saturated carbocycles. The number of nitrogens with zero attached hydrogens (tertiary/aromatic N) is 2. The number of aromatic nitrogens is 2. The number of hydrogen-bond acceptors (Lipinski definition) is 3. The fourth-order valence-corrected chi connectivity index (χ4v) is 2.87. The summed E-state index contributed by atoms with van der Waals surface area (Å²) in [5.74, 6) is 0. The zero-order chi connectivity index (χ0) is 13.2. The van der Waals surface area contributed by atoms with Crippen LogP contribution < -0.4 is 0 Å². The number of pyridine rings is 1. The van der Waals surface area contributed by atoms with Crippen LogP contribution in [-0.2, 0) is 0 Å². The van der Waals surface area contributed by atoms with Gasteiger partial charge in [-0.05, 0) is 30.7 Å². The maximum atomic E-state index is 5.89. The van der Waals surface area contributed by atoms with Gasteiger partial charge in [0.05, 0.1) is 5.69 Å². The Hall–Kier alpha value is -1.71. The molecule has 3 aromatic rings. The fraction of sp³-hybridized carbons (Fsp3) is 0.0667. The summed E-state index contributed by atoms with van der Waals surface area (Å²) in [5, 5.41) is 3.79. The number of halogens is 1. The minimum absolute atomic E-state index is 0.738. The molecule has 94 valence electrons. The van der Waals surface area contributed by atoms with Crippen molar-refractivity contribution in [2.45, 2.75) is 6.92 Å². The summed E-state index contributed by atoms with van der Waals surface area (Å²) in [7, 11) is 0. The number of hydrogen-bond donors (Lipinski definition) is 0. The van der Waals surface area contributed by atoms with Gasteiger partial charge in [-0.15, -0.1) is 11.3 Å². The lowest BCUT2D eigenvalue weighted by atomic mass is 10.1. The lowest BCUT2D eigenvalue weighted by Crippen LogP contribution is -1.84. The van der Waals surface area contributed by atoms with Gasteiger partial charge in [-0.2, -0.15) is 0 Å². The molecule has 2 nitrogen and oxygen atoms in total. The summed E-state index contributed by atoms with van der Waals surface area (Å²) in [5.41, 5.74) is 4.33. The standard InChI is InChI=1S/C15H11ClN2S/c1-10-6-7-17-8-13(10)15-18-14(9-19-15)11-2-4-12(16)5-3-11/h2-9H,1H3. The Balaban J connectivity index is 2.00. The van der Waals surface area contributed by atoms with Gasteiger partial charge in [-0.1, -0.05) is 23.7 Å². The first kappa shape index (κ1) is 12.3. The van der Waals surface area contributed by atoms with Crippen LogP contribution in [0, 0.1) is 6.92 Å². The van der Waals surface area contributed by atoms with Crippen molar-refractivity contribution in [2.24, 2.45) is 0 Å². The van der Waals surface area contributed by atoms with Crippen LogP contribution in [0.25, 0.3) is 21.8 Å². The summed E-state index contributed by atoms with van der Waals surface area (Å²) < 4.78 is 0. The molecule has 0 aliphatic carbocycles. The van der Waals surface area contributed by atoms with Gasteiger partial charge in [-0.3, -0.25) is 4.98 Å². The Morgan fingerprint density at radius 1 is 1.11 bits per heavy atom. The van der Waals surface area contributed by atoms with Gasteiger partial charge in [-0.25, -0.2) is 4.98 Å². The molecule has 0 aliphatic rings. The Labute approximate surface area is 120 Å². The summed E-state index contributed by atoms with van der Waals surface area (Å²) in [4.78, 5) is 8.84. The van der Waals surface area contributed by atoms with E-state index in [1.165, 1.54) is 5.56 Å². The minimum atomic E-state index is 0.738. The molecule has 0 saturated heterocycles. The van der Waals surface area contributed by atoms with Crippen LogP contribution in [0.1, 0.15) is 5.56 Å². The number of aryl methyl sites for hydroxylation is 1. The molecule has 2 aromatic heterocycles. The normalized spacial score (nSPS) is 10.6. The Kier molecular flexibility index (Phi) is 3.32. The van der Waals surface area contributed by atoms with E-state index in [0.29, 0.717) is 0 Å². The van der Waals surface area contributed by atoms with Crippen molar-refractivity contribution in [3.63, 3.8) is 0 Å². The summed E-state index contributed by atoms with van der Waals surface area (Å²) in [6.07, 6.45) is 3.66. The van der Waals surface area contributed by atoms with E-state index in [1.807, 2.05) is 36.5 Å². The summed E-state index contributed by atoms with van der Waals surface area (Å²) in [6.45, 7) is 2.07. The predicted molar refractivity (Wildman–Crippen MR) is 80.5 cm³/mol. The van der Waals surface area contributed by atoms with Gasteiger partial charge in [0.15, 0.2) is 0 Å². The van der Waals surface area contributed by atoms with Crippen LogP contribution in [0.2, 0.25) is 5.02 Å². The molecule has 0 amide bonds. The lowest BCUT2D eigenvalue weighted by molar-refractivity contribution is 1.27. The highest BCUT2D eigenvalue weighted by Crippen LogP contribution is 2.30. The number of rotatable bonds is 2. The fourth-order valence-electron chi connectivity index (χ4n) is 1.84. The topological polar surface area (TPSA) is 25.8 Å². The van der Waals surface area contributed by atoms with Crippen LogP contribution in [-0.4, -0.2) is 9.97 Å². The first-order valence-electron chi connectivity index (χ1n) is 5.86.